The second kappa shape index (κ2) is 11.3. The molecule has 1 saturated heterocycles. The molecule has 1 aliphatic heterocycles. The van der Waals surface area contributed by atoms with Crippen molar-refractivity contribution < 1.29 is 0 Å². The molecule has 0 radical (unpaired) electrons. The van der Waals surface area contributed by atoms with Gasteiger partial charge >= 0.3 is 0 Å². The Labute approximate surface area is 192 Å². The Morgan fingerprint density at radius 2 is 1.50 bits per heavy atom. The van der Waals surface area contributed by atoms with Crippen molar-refractivity contribution in [3.05, 3.63) is 95.7 Å². The van der Waals surface area contributed by atoms with Gasteiger partial charge in [0.1, 0.15) is 17.7 Å². The molecule has 5 N–H and O–H groups in total. The van der Waals surface area contributed by atoms with E-state index in [-0.39, 0.29) is 12.0 Å². The molecule has 32 heavy (non-hydrogen) atoms. The molecule has 0 spiro atoms. The molecule has 2 aromatic carbocycles. The second-order valence-electron chi connectivity index (χ2n) is 8.67. The monoisotopic (exact) mass is 429 g/mol. The summed E-state index contributed by atoms with van der Waals surface area (Å²) in [6, 6.07) is 20.2. The minimum atomic E-state index is -0.170. The van der Waals surface area contributed by atoms with Gasteiger partial charge in [-0.15, -0.1) is 0 Å². The molecule has 0 unspecified atom stereocenters. The van der Waals surface area contributed by atoms with Crippen LogP contribution in [0.1, 0.15) is 43.9 Å². The lowest BCUT2D eigenvalue weighted by molar-refractivity contribution is 0.289. The van der Waals surface area contributed by atoms with E-state index in [0.29, 0.717) is 17.6 Å². The molecule has 1 fully saturated rings. The van der Waals surface area contributed by atoms with E-state index in [2.05, 4.69) is 49.1 Å². The minimum Gasteiger partial charge on any atom is -0.402 e. The van der Waals surface area contributed by atoms with E-state index in [4.69, 9.17) is 21.9 Å². The molecule has 0 atom stereocenters. The van der Waals surface area contributed by atoms with Crippen LogP contribution in [0.25, 0.3) is 0 Å². The summed E-state index contributed by atoms with van der Waals surface area (Å²) >= 11 is 0. The zero-order valence-electron chi connectivity index (χ0n) is 19.1. The van der Waals surface area contributed by atoms with Crippen LogP contribution in [-0.4, -0.2) is 29.7 Å². The Balaban J connectivity index is 1.69. The third-order valence-corrected chi connectivity index (χ3v) is 5.77. The van der Waals surface area contributed by atoms with Gasteiger partial charge < -0.3 is 16.4 Å². The number of piperidine rings is 1. The van der Waals surface area contributed by atoms with E-state index in [0.717, 1.165) is 42.8 Å². The van der Waals surface area contributed by atoms with Crippen LogP contribution in [0.2, 0.25) is 0 Å². The van der Waals surface area contributed by atoms with E-state index in [1.165, 1.54) is 0 Å². The predicted octanol–water partition coefficient (Wildman–Crippen LogP) is 4.88. The van der Waals surface area contributed by atoms with Gasteiger partial charge in [0.05, 0.1) is 0 Å². The van der Waals surface area contributed by atoms with Gasteiger partial charge in [0.25, 0.3) is 0 Å². The fraction of sp³-hybridized carbons (Fsp3) is 0.333. The Morgan fingerprint density at radius 3 is 2.00 bits per heavy atom. The summed E-state index contributed by atoms with van der Waals surface area (Å²) < 4.78 is 0. The van der Waals surface area contributed by atoms with Gasteiger partial charge in [-0.1, -0.05) is 80.6 Å². The van der Waals surface area contributed by atoms with Gasteiger partial charge in [-0.2, -0.15) is 0 Å². The summed E-state index contributed by atoms with van der Waals surface area (Å²) in [6.45, 7) is 5.89. The van der Waals surface area contributed by atoms with Crippen molar-refractivity contribution in [3.8, 4) is 0 Å². The molecule has 3 rings (SSSR count). The molecular formula is C27H35N5. The van der Waals surface area contributed by atoms with E-state index in [1.807, 2.05) is 48.6 Å². The summed E-state index contributed by atoms with van der Waals surface area (Å²) in [5.41, 5.74) is 15.7. The standard InChI is InChI=1S/C27H35N5/c1-20(2)13-14-26(30)32-17-15-21(16-18-32)24(28)19-25(29)31-27(22-9-5-3-6-10-22)23-11-7-4-8-12-23/h3-14,19-21,27,30H,15-18,28H2,1-2H3,(H2,29,31)/b14-13-,24-19?,30-26?. The molecule has 1 aliphatic rings. The predicted molar refractivity (Wildman–Crippen MR) is 135 cm³/mol. The molecular weight excluding hydrogens is 394 g/mol. The van der Waals surface area contributed by atoms with Crippen LogP contribution in [0.3, 0.4) is 0 Å². The van der Waals surface area contributed by atoms with E-state index in [9.17, 15) is 0 Å². The van der Waals surface area contributed by atoms with Crippen LogP contribution in [0, 0.1) is 17.2 Å². The Hall–Kier alpha value is -3.34. The number of nitrogens with one attached hydrogen (secondary N) is 1. The number of benzene rings is 2. The number of aliphatic imine (C=N–C) groups is 1. The topological polar surface area (TPSA) is 91.5 Å². The summed E-state index contributed by atoms with van der Waals surface area (Å²) in [5.74, 6) is 1.72. The van der Waals surface area contributed by atoms with Crippen molar-refractivity contribution in [3.63, 3.8) is 0 Å². The van der Waals surface area contributed by atoms with Crippen molar-refractivity contribution >= 4 is 11.7 Å². The summed E-state index contributed by atoms with van der Waals surface area (Å²) in [6.07, 6.45) is 7.61. The Bertz CT molecular complexity index is 913. The molecule has 168 valence electrons. The number of likely N-dealkylation sites (tertiary alicyclic amines) is 1. The lowest BCUT2D eigenvalue weighted by Gasteiger charge is -2.33. The fourth-order valence-corrected chi connectivity index (χ4v) is 3.93. The third kappa shape index (κ3) is 6.58. The highest BCUT2D eigenvalue weighted by atomic mass is 15.2. The summed E-state index contributed by atoms with van der Waals surface area (Å²) in [7, 11) is 0. The Kier molecular flexibility index (Phi) is 8.26. The van der Waals surface area contributed by atoms with Gasteiger partial charge in [0, 0.05) is 24.7 Å². The van der Waals surface area contributed by atoms with Crippen molar-refractivity contribution in [2.45, 2.75) is 32.7 Å². The maximum Gasteiger partial charge on any atom is 0.121 e. The van der Waals surface area contributed by atoms with Gasteiger partial charge in [0.2, 0.25) is 0 Å². The number of rotatable bonds is 7. The van der Waals surface area contributed by atoms with Gasteiger partial charge in [0.15, 0.2) is 0 Å². The number of nitrogens with zero attached hydrogens (tertiary/aromatic N) is 2. The Morgan fingerprint density at radius 1 is 0.969 bits per heavy atom. The maximum absolute atomic E-state index is 8.26. The molecule has 0 bridgehead atoms. The lowest BCUT2D eigenvalue weighted by atomic mass is 9.93. The van der Waals surface area contributed by atoms with E-state index in [1.54, 1.807) is 0 Å². The van der Waals surface area contributed by atoms with Crippen LogP contribution < -0.4 is 11.5 Å². The summed E-state index contributed by atoms with van der Waals surface area (Å²) in [4.78, 5) is 6.93. The first-order chi connectivity index (χ1) is 15.4. The van der Waals surface area contributed by atoms with Crippen molar-refractivity contribution in [2.24, 2.45) is 28.3 Å². The first-order valence-electron chi connectivity index (χ1n) is 11.4. The number of nitrogens with two attached hydrogens (primary N) is 2. The van der Waals surface area contributed by atoms with Crippen LogP contribution in [0.5, 0.6) is 0 Å². The molecule has 0 saturated carbocycles. The van der Waals surface area contributed by atoms with Crippen LogP contribution in [0.15, 0.2) is 89.6 Å². The molecule has 0 aliphatic carbocycles. The highest BCUT2D eigenvalue weighted by Gasteiger charge is 2.22. The largest absolute Gasteiger partial charge is 0.402 e. The molecule has 0 aromatic heterocycles. The highest BCUT2D eigenvalue weighted by Crippen LogP contribution is 2.26. The molecule has 1 heterocycles. The minimum absolute atomic E-state index is 0.170. The first-order valence-corrected chi connectivity index (χ1v) is 11.4. The highest BCUT2D eigenvalue weighted by molar-refractivity contribution is 5.92. The van der Waals surface area contributed by atoms with Crippen molar-refractivity contribution in [1.29, 1.82) is 5.41 Å². The SMILES string of the molecule is CC(C)/C=C\C(=N)N1CCC(C(N)=CC(N)=NC(c2ccccc2)c2ccccc2)CC1. The molecule has 5 heteroatoms. The van der Waals surface area contributed by atoms with E-state index < -0.39 is 0 Å². The van der Waals surface area contributed by atoms with Crippen LogP contribution >= 0.6 is 0 Å². The lowest BCUT2D eigenvalue weighted by Crippen LogP contribution is -2.38. The maximum atomic E-state index is 8.26. The quantitative estimate of drug-likeness (QED) is 0.433. The smallest absolute Gasteiger partial charge is 0.121 e. The van der Waals surface area contributed by atoms with E-state index >= 15 is 0 Å². The zero-order valence-corrected chi connectivity index (χ0v) is 19.1. The first kappa shape index (κ1) is 23.3. The van der Waals surface area contributed by atoms with Crippen LogP contribution in [0.4, 0.5) is 0 Å². The number of hydrogen-bond acceptors (Lipinski definition) is 3. The number of allylic oxidation sites excluding steroid dienone is 2. The molecule has 5 nitrogen and oxygen atoms in total. The average molecular weight is 430 g/mol. The number of hydrogen-bond donors (Lipinski definition) is 3. The molecule has 0 amide bonds. The van der Waals surface area contributed by atoms with Gasteiger partial charge in [-0.05, 0) is 42.0 Å². The normalized spacial score (nSPS) is 16.3. The zero-order chi connectivity index (χ0) is 22.9. The van der Waals surface area contributed by atoms with Gasteiger partial charge in [-0.25, -0.2) is 0 Å². The second-order valence-corrected chi connectivity index (χ2v) is 8.67. The third-order valence-electron chi connectivity index (χ3n) is 5.77. The number of amidine groups is 2. The van der Waals surface area contributed by atoms with Crippen molar-refractivity contribution in [1.82, 2.24) is 4.90 Å². The molecule has 2 aromatic rings. The average Bonchev–Trinajstić information content (AvgIpc) is 2.82. The summed E-state index contributed by atoms with van der Waals surface area (Å²) in [5, 5.41) is 8.26. The van der Waals surface area contributed by atoms with Gasteiger partial charge in [-0.3, -0.25) is 10.4 Å². The van der Waals surface area contributed by atoms with Crippen molar-refractivity contribution in [2.75, 3.05) is 13.1 Å². The fourth-order valence-electron chi connectivity index (χ4n) is 3.93. The van der Waals surface area contributed by atoms with Crippen LogP contribution in [-0.2, 0) is 0 Å².